The fraction of sp³-hybridized carbons (Fsp3) is 1.00. The molecule has 0 aliphatic carbocycles. The van der Waals surface area contributed by atoms with Crippen molar-refractivity contribution in [3.8, 4) is 0 Å². The molecular formula is C10H18F3NO. The van der Waals surface area contributed by atoms with Gasteiger partial charge in [-0.1, -0.05) is 13.8 Å². The van der Waals surface area contributed by atoms with Crippen LogP contribution in [0, 0.1) is 5.41 Å². The second-order valence-electron chi connectivity index (χ2n) is 4.18. The summed E-state index contributed by atoms with van der Waals surface area (Å²) in [4.78, 5) is 0. The van der Waals surface area contributed by atoms with Gasteiger partial charge in [0.15, 0.2) is 6.10 Å². The molecule has 1 N–H and O–H groups in total. The van der Waals surface area contributed by atoms with Gasteiger partial charge in [0, 0.05) is 18.5 Å². The van der Waals surface area contributed by atoms with E-state index in [0.717, 1.165) is 12.8 Å². The van der Waals surface area contributed by atoms with Gasteiger partial charge in [-0.2, -0.15) is 13.2 Å². The van der Waals surface area contributed by atoms with E-state index in [0.29, 0.717) is 6.54 Å². The number of rotatable bonds is 2. The molecule has 1 rings (SSSR count). The zero-order chi connectivity index (χ0) is 11.5. The third kappa shape index (κ3) is 3.08. The van der Waals surface area contributed by atoms with Crippen molar-refractivity contribution in [1.29, 1.82) is 0 Å². The summed E-state index contributed by atoms with van der Waals surface area (Å²) in [5, 5.41) is 2.85. The van der Waals surface area contributed by atoms with Crippen LogP contribution in [0.2, 0.25) is 0 Å². The van der Waals surface area contributed by atoms with E-state index in [4.69, 9.17) is 4.74 Å². The standard InChI is InChI=1S/C10H18F3NO/c1-3-9(4-2)6-14-5-8(15-7-9)10(11,12)13/h8,14H,3-7H2,1-2H3. The predicted octanol–water partition coefficient (Wildman–Crippen LogP) is 2.34. The van der Waals surface area contributed by atoms with E-state index in [9.17, 15) is 13.2 Å². The lowest BCUT2D eigenvalue weighted by atomic mass is 9.83. The molecule has 1 unspecified atom stereocenters. The van der Waals surface area contributed by atoms with Gasteiger partial charge in [0.05, 0.1) is 6.61 Å². The maximum Gasteiger partial charge on any atom is 0.415 e. The summed E-state index contributed by atoms with van der Waals surface area (Å²) in [5.41, 5.74) is -0.139. The molecule has 1 aliphatic heterocycles. The molecule has 0 bridgehead atoms. The lowest BCUT2D eigenvalue weighted by Crippen LogP contribution is -2.38. The minimum atomic E-state index is -4.26. The molecule has 1 fully saturated rings. The molecule has 0 amide bonds. The first-order chi connectivity index (χ1) is 6.93. The Hall–Kier alpha value is -0.290. The summed E-state index contributed by atoms with van der Waals surface area (Å²) in [6, 6.07) is 0. The van der Waals surface area contributed by atoms with Crippen molar-refractivity contribution in [2.75, 3.05) is 19.7 Å². The van der Waals surface area contributed by atoms with Crippen molar-refractivity contribution in [3.63, 3.8) is 0 Å². The Labute approximate surface area is 88.2 Å². The molecule has 0 aromatic heterocycles. The van der Waals surface area contributed by atoms with Crippen molar-refractivity contribution in [3.05, 3.63) is 0 Å². The van der Waals surface area contributed by atoms with Gasteiger partial charge < -0.3 is 10.1 Å². The van der Waals surface area contributed by atoms with Crippen LogP contribution in [0.5, 0.6) is 0 Å². The highest BCUT2D eigenvalue weighted by molar-refractivity contribution is 4.85. The minimum Gasteiger partial charge on any atom is -0.367 e. The molecular weight excluding hydrogens is 207 g/mol. The SMILES string of the molecule is CCC1(CC)CNCC(C(F)(F)F)OC1. The molecule has 2 nitrogen and oxygen atoms in total. The van der Waals surface area contributed by atoms with Crippen LogP contribution in [-0.4, -0.2) is 32.0 Å². The van der Waals surface area contributed by atoms with Crippen LogP contribution in [0.15, 0.2) is 0 Å². The molecule has 0 saturated carbocycles. The third-order valence-electron chi connectivity index (χ3n) is 3.29. The van der Waals surface area contributed by atoms with Crippen molar-refractivity contribution in [2.24, 2.45) is 5.41 Å². The fourth-order valence-corrected chi connectivity index (χ4v) is 1.77. The van der Waals surface area contributed by atoms with Crippen molar-refractivity contribution in [2.45, 2.75) is 39.0 Å². The van der Waals surface area contributed by atoms with Gasteiger partial charge in [0.25, 0.3) is 0 Å². The quantitative estimate of drug-likeness (QED) is 0.778. The number of nitrogens with one attached hydrogen (secondary N) is 1. The Morgan fingerprint density at radius 1 is 1.33 bits per heavy atom. The lowest BCUT2D eigenvalue weighted by molar-refractivity contribution is -0.220. The molecule has 0 aromatic carbocycles. The van der Waals surface area contributed by atoms with Crippen molar-refractivity contribution >= 4 is 0 Å². The first-order valence-corrected chi connectivity index (χ1v) is 5.32. The number of alkyl halides is 3. The fourth-order valence-electron chi connectivity index (χ4n) is 1.77. The van der Waals surface area contributed by atoms with E-state index in [1.807, 2.05) is 13.8 Å². The number of ether oxygens (including phenoxy) is 1. The molecule has 90 valence electrons. The number of hydrogen-bond donors (Lipinski definition) is 1. The van der Waals surface area contributed by atoms with E-state index in [2.05, 4.69) is 5.32 Å². The van der Waals surface area contributed by atoms with E-state index in [1.54, 1.807) is 0 Å². The highest BCUT2D eigenvalue weighted by atomic mass is 19.4. The number of halogens is 3. The van der Waals surface area contributed by atoms with Crippen LogP contribution in [0.25, 0.3) is 0 Å². The summed E-state index contributed by atoms with van der Waals surface area (Å²) in [6.45, 7) is 4.64. The summed E-state index contributed by atoms with van der Waals surface area (Å²) in [7, 11) is 0. The maximum atomic E-state index is 12.4. The second-order valence-corrected chi connectivity index (χ2v) is 4.18. The van der Waals surface area contributed by atoms with Gasteiger partial charge in [-0.25, -0.2) is 0 Å². The Morgan fingerprint density at radius 3 is 2.40 bits per heavy atom. The average molecular weight is 225 g/mol. The van der Waals surface area contributed by atoms with Gasteiger partial charge in [-0.15, -0.1) is 0 Å². The molecule has 1 aliphatic rings. The van der Waals surface area contributed by atoms with Crippen LogP contribution in [0.4, 0.5) is 13.2 Å². The van der Waals surface area contributed by atoms with Crippen LogP contribution in [-0.2, 0) is 4.74 Å². The predicted molar refractivity (Wildman–Crippen MR) is 51.7 cm³/mol. The maximum absolute atomic E-state index is 12.4. The van der Waals surface area contributed by atoms with E-state index >= 15 is 0 Å². The van der Waals surface area contributed by atoms with Crippen LogP contribution < -0.4 is 5.32 Å². The average Bonchev–Trinajstić information content (AvgIpc) is 2.39. The second kappa shape index (κ2) is 4.70. The largest absolute Gasteiger partial charge is 0.415 e. The van der Waals surface area contributed by atoms with Crippen molar-refractivity contribution < 1.29 is 17.9 Å². The van der Waals surface area contributed by atoms with Crippen LogP contribution in [0.3, 0.4) is 0 Å². The molecule has 1 atom stereocenters. The number of hydrogen-bond acceptors (Lipinski definition) is 2. The highest BCUT2D eigenvalue weighted by Gasteiger charge is 2.43. The van der Waals surface area contributed by atoms with E-state index in [-0.39, 0.29) is 18.6 Å². The molecule has 15 heavy (non-hydrogen) atoms. The molecule has 0 spiro atoms. The van der Waals surface area contributed by atoms with E-state index in [1.165, 1.54) is 0 Å². The molecule has 0 aromatic rings. The lowest BCUT2D eigenvalue weighted by Gasteiger charge is -2.29. The Balaban J connectivity index is 2.63. The summed E-state index contributed by atoms with van der Waals surface area (Å²) >= 11 is 0. The summed E-state index contributed by atoms with van der Waals surface area (Å²) in [6.07, 6.45) is -4.25. The van der Waals surface area contributed by atoms with Gasteiger partial charge >= 0.3 is 6.18 Å². The zero-order valence-electron chi connectivity index (χ0n) is 9.16. The molecule has 5 heteroatoms. The normalized spacial score (nSPS) is 27.4. The molecule has 1 saturated heterocycles. The van der Waals surface area contributed by atoms with Gasteiger partial charge in [-0.3, -0.25) is 0 Å². The third-order valence-corrected chi connectivity index (χ3v) is 3.29. The topological polar surface area (TPSA) is 21.3 Å². The van der Waals surface area contributed by atoms with Crippen LogP contribution in [0.1, 0.15) is 26.7 Å². The molecule has 1 heterocycles. The van der Waals surface area contributed by atoms with Crippen molar-refractivity contribution in [1.82, 2.24) is 5.32 Å². The zero-order valence-corrected chi connectivity index (χ0v) is 9.16. The smallest absolute Gasteiger partial charge is 0.367 e. The first-order valence-electron chi connectivity index (χ1n) is 5.32. The van der Waals surface area contributed by atoms with Gasteiger partial charge in [0.1, 0.15) is 0 Å². The summed E-state index contributed by atoms with van der Waals surface area (Å²) < 4.78 is 42.2. The van der Waals surface area contributed by atoms with Gasteiger partial charge in [0.2, 0.25) is 0 Å². The summed E-state index contributed by atoms with van der Waals surface area (Å²) in [5.74, 6) is 0. The van der Waals surface area contributed by atoms with Gasteiger partial charge in [-0.05, 0) is 12.8 Å². The Bertz CT molecular complexity index is 201. The molecule has 0 radical (unpaired) electrons. The van der Waals surface area contributed by atoms with Crippen LogP contribution >= 0.6 is 0 Å². The monoisotopic (exact) mass is 225 g/mol. The Morgan fingerprint density at radius 2 is 1.93 bits per heavy atom. The van der Waals surface area contributed by atoms with E-state index < -0.39 is 12.3 Å². The Kier molecular flexibility index (Phi) is 4.00. The minimum absolute atomic E-state index is 0.134. The first kappa shape index (κ1) is 12.8. The highest BCUT2D eigenvalue weighted by Crippen LogP contribution is 2.31.